The van der Waals surface area contributed by atoms with Crippen LogP contribution < -0.4 is 5.32 Å². The van der Waals surface area contributed by atoms with E-state index in [2.05, 4.69) is 40.6 Å². The second kappa shape index (κ2) is 7.85. The van der Waals surface area contributed by atoms with E-state index < -0.39 is 0 Å². The molecule has 0 aromatic heterocycles. The molecule has 0 unspecified atom stereocenters. The molecule has 0 saturated carbocycles. The third-order valence-corrected chi connectivity index (χ3v) is 5.00. The number of hydrogen-bond donors (Lipinski definition) is 1. The highest BCUT2D eigenvalue weighted by atomic mass is 35.5. The van der Waals surface area contributed by atoms with Crippen molar-refractivity contribution < 1.29 is 4.79 Å². The second-order valence-electron chi connectivity index (χ2n) is 6.46. The molecule has 3 rings (SSSR count). The zero-order valence-electron chi connectivity index (χ0n) is 14.6. The predicted molar refractivity (Wildman–Crippen MR) is 105 cm³/mol. The van der Waals surface area contributed by atoms with Gasteiger partial charge in [0.1, 0.15) is 0 Å². The van der Waals surface area contributed by atoms with Crippen LogP contribution in [0.25, 0.3) is 5.57 Å². The normalized spacial score (nSPS) is 16.2. The Morgan fingerprint density at radius 3 is 2.64 bits per heavy atom. The van der Waals surface area contributed by atoms with E-state index in [1.54, 1.807) is 6.07 Å². The number of carbonyl (C=O) groups excluding carboxylic acids is 1. The first kappa shape index (κ1) is 17.7. The molecule has 1 aliphatic heterocycles. The van der Waals surface area contributed by atoms with E-state index >= 15 is 0 Å². The van der Waals surface area contributed by atoms with E-state index in [0.29, 0.717) is 5.02 Å². The fraction of sp³-hybridized carbons (Fsp3) is 0.286. The maximum Gasteiger partial charge on any atom is 0.241 e. The number of amides is 1. The van der Waals surface area contributed by atoms with Crippen molar-refractivity contribution in [3.05, 3.63) is 70.8 Å². The molecule has 1 atom stereocenters. The van der Waals surface area contributed by atoms with Gasteiger partial charge in [-0.25, -0.2) is 0 Å². The summed E-state index contributed by atoms with van der Waals surface area (Å²) in [6.45, 7) is 5.58. The number of nitrogens with one attached hydrogen (secondary N) is 1. The zero-order chi connectivity index (χ0) is 17.8. The van der Waals surface area contributed by atoms with Crippen molar-refractivity contribution in [1.82, 2.24) is 4.90 Å². The van der Waals surface area contributed by atoms with Crippen molar-refractivity contribution in [2.45, 2.75) is 26.3 Å². The van der Waals surface area contributed by atoms with Crippen LogP contribution in [-0.2, 0) is 4.79 Å². The molecule has 2 aromatic rings. The van der Waals surface area contributed by atoms with E-state index in [1.807, 2.05) is 32.0 Å². The number of hydrogen-bond acceptors (Lipinski definition) is 2. The highest BCUT2D eigenvalue weighted by molar-refractivity contribution is 6.31. The van der Waals surface area contributed by atoms with E-state index in [1.165, 1.54) is 11.1 Å². The highest BCUT2D eigenvalue weighted by Gasteiger charge is 2.23. The maximum absolute atomic E-state index is 12.6. The van der Waals surface area contributed by atoms with Crippen LogP contribution >= 0.6 is 11.6 Å². The Balaban J connectivity index is 1.64. The van der Waals surface area contributed by atoms with Gasteiger partial charge in [-0.1, -0.05) is 54.1 Å². The fourth-order valence-corrected chi connectivity index (χ4v) is 3.26. The molecule has 0 saturated heterocycles. The van der Waals surface area contributed by atoms with Crippen LogP contribution in [-0.4, -0.2) is 29.9 Å². The lowest BCUT2D eigenvalue weighted by molar-refractivity contribution is -0.120. The van der Waals surface area contributed by atoms with Gasteiger partial charge in [-0.15, -0.1) is 0 Å². The summed E-state index contributed by atoms with van der Waals surface area (Å²) in [5.41, 5.74) is 4.42. The molecule has 1 heterocycles. The van der Waals surface area contributed by atoms with E-state index in [9.17, 15) is 4.79 Å². The Labute approximate surface area is 154 Å². The summed E-state index contributed by atoms with van der Waals surface area (Å²) in [5.74, 6) is 0.00178. The van der Waals surface area contributed by atoms with Crippen LogP contribution in [0.15, 0.2) is 54.6 Å². The van der Waals surface area contributed by atoms with Gasteiger partial charge < -0.3 is 5.32 Å². The molecular formula is C21H23ClN2O. The lowest BCUT2D eigenvalue weighted by Gasteiger charge is -2.31. The molecule has 25 heavy (non-hydrogen) atoms. The van der Waals surface area contributed by atoms with Crippen LogP contribution in [0.3, 0.4) is 0 Å². The summed E-state index contributed by atoms with van der Waals surface area (Å²) < 4.78 is 0. The Morgan fingerprint density at radius 2 is 1.96 bits per heavy atom. The molecule has 1 aliphatic rings. The fourth-order valence-electron chi connectivity index (χ4n) is 3.08. The number of anilines is 1. The zero-order valence-corrected chi connectivity index (χ0v) is 15.4. The molecule has 3 nitrogen and oxygen atoms in total. The van der Waals surface area contributed by atoms with E-state index in [-0.39, 0.29) is 11.9 Å². The first-order valence-electron chi connectivity index (χ1n) is 8.60. The molecule has 0 spiro atoms. The van der Waals surface area contributed by atoms with Crippen molar-refractivity contribution in [2.75, 3.05) is 18.4 Å². The molecule has 2 aromatic carbocycles. The number of rotatable bonds is 4. The van der Waals surface area contributed by atoms with Crippen LogP contribution in [0.4, 0.5) is 5.69 Å². The molecule has 1 amide bonds. The number of nitrogens with zero attached hydrogens (tertiary/aromatic N) is 1. The van der Waals surface area contributed by atoms with Crippen molar-refractivity contribution >= 4 is 28.8 Å². The largest absolute Gasteiger partial charge is 0.324 e. The van der Waals surface area contributed by atoms with Gasteiger partial charge in [-0.2, -0.15) is 0 Å². The Morgan fingerprint density at radius 1 is 1.20 bits per heavy atom. The third kappa shape index (κ3) is 4.30. The summed E-state index contributed by atoms with van der Waals surface area (Å²) in [4.78, 5) is 14.8. The first-order valence-corrected chi connectivity index (χ1v) is 8.98. The Bertz CT molecular complexity index is 786. The number of aryl methyl sites for hydroxylation is 1. The second-order valence-corrected chi connectivity index (χ2v) is 6.90. The summed E-state index contributed by atoms with van der Waals surface area (Å²) in [5, 5.41) is 3.63. The third-order valence-electron chi connectivity index (χ3n) is 4.77. The van der Waals surface area contributed by atoms with E-state index in [0.717, 1.165) is 30.8 Å². The SMILES string of the molecule is Cc1ccc(Cl)cc1NC(=O)[C@@H](C)N1CC=C(c2ccccc2)CC1. The average Bonchev–Trinajstić information content (AvgIpc) is 2.65. The molecule has 1 N–H and O–H groups in total. The summed E-state index contributed by atoms with van der Waals surface area (Å²) in [6.07, 6.45) is 3.19. The van der Waals surface area contributed by atoms with Crippen LogP contribution in [0.1, 0.15) is 24.5 Å². The van der Waals surface area contributed by atoms with Crippen molar-refractivity contribution in [1.29, 1.82) is 0 Å². The van der Waals surface area contributed by atoms with Gasteiger partial charge in [0.05, 0.1) is 6.04 Å². The van der Waals surface area contributed by atoms with Crippen molar-refractivity contribution in [3.8, 4) is 0 Å². The van der Waals surface area contributed by atoms with Gasteiger partial charge >= 0.3 is 0 Å². The van der Waals surface area contributed by atoms with Crippen molar-refractivity contribution in [2.24, 2.45) is 0 Å². The summed E-state index contributed by atoms with van der Waals surface area (Å²) in [6, 6.07) is 15.8. The minimum Gasteiger partial charge on any atom is -0.324 e. The van der Waals surface area contributed by atoms with E-state index in [4.69, 9.17) is 11.6 Å². The van der Waals surface area contributed by atoms with Crippen molar-refractivity contribution in [3.63, 3.8) is 0 Å². The lowest BCUT2D eigenvalue weighted by atomic mass is 9.99. The molecule has 0 bridgehead atoms. The number of carbonyl (C=O) groups is 1. The minimum absolute atomic E-state index is 0.00178. The van der Waals surface area contributed by atoms with Gasteiger partial charge in [0.25, 0.3) is 0 Å². The van der Waals surface area contributed by atoms with Gasteiger partial charge in [-0.3, -0.25) is 9.69 Å². The number of benzene rings is 2. The van der Waals surface area contributed by atoms with Gasteiger partial charge in [0.2, 0.25) is 5.91 Å². The number of halogens is 1. The summed E-state index contributed by atoms with van der Waals surface area (Å²) in [7, 11) is 0. The lowest BCUT2D eigenvalue weighted by Crippen LogP contribution is -2.44. The minimum atomic E-state index is -0.188. The summed E-state index contributed by atoms with van der Waals surface area (Å²) >= 11 is 6.03. The van der Waals surface area contributed by atoms with Gasteiger partial charge in [-0.05, 0) is 49.1 Å². The monoisotopic (exact) mass is 354 g/mol. The van der Waals surface area contributed by atoms with Gasteiger partial charge in [0.15, 0.2) is 0 Å². The quantitative estimate of drug-likeness (QED) is 0.858. The standard InChI is InChI=1S/C21H23ClN2O/c1-15-8-9-19(22)14-20(15)23-21(25)16(2)24-12-10-18(11-13-24)17-6-4-3-5-7-17/h3-10,14,16H,11-13H2,1-2H3,(H,23,25)/t16-/m1/s1. The molecule has 0 radical (unpaired) electrons. The van der Waals surface area contributed by atoms with Crippen LogP contribution in [0.2, 0.25) is 5.02 Å². The molecule has 4 heteroatoms. The maximum atomic E-state index is 12.6. The smallest absolute Gasteiger partial charge is 0.241 e. The Hall–Kier alpha value is -2.10. The van der Waals surface area contributed by atoms with Crippen LogP contribution in [0.5, 0.6) is 0 Å². The molecule has 130 valence electrons. The molecule has 0 aliphatic carbocycles. The first-order chi connectivity index (χ1) is 12.0. The average molecular weight is 355 g/mol. The Kier molecular flexibility index (Phi) is 5.57. The van der Waals surface area contributed by atoms with Crippen LogP contribution in [0, 0.1) is 6.92 Å². The molecular weight excluding hydrogens is 332 g/mol. The highest BCUT2D eigenvalue weighted by Crippen LogP contribution is 2.24. The topological polar surface area (TPSA) is 32.3 Å². The van der Waals surface area contributed by atoms with Gasteiger partial charge in [0, 0.05) is 23.8 Å². The predicted octanol–water partition coefficient (Wildman–Crippen LogP) is 4.76. The molecule has 0 fully saturated rings.